The second-order valence-corrected chi connectivity index (χ2v) is 12.0. The summed E-state index contributed by atoms with van der Waals surface area (Å²) in [4.78, 5) is 38.0. The SMILES string of the molecule is CC(C)C(=O)Nc1c(F)ccc(NC(=O)c2cc(NC(=O)C3[C@H](c4ccc(Cl)c(Cl)c4)C3(Cl)Cl)ccc2Cl)c1F. The molecule has 1 aliphatic carbocycles. The van der Waals surface area contributed by atoms with Gasteiger partial charge in [0.25, 0.3) is 5.91 Å². The maximum absolute atomic E-state index is 15.0. The molecule has 3 aromatic carbocycles. The van der Waals surface area contributed by atoms with E-state index in [0.717, 1.165) is 12.1 Å². The quantitative estimate of drug-likeness (QED) is 0.225. The van der Waals surface area contributed by atoms with Gasteiger partial charge in [-0.2, -0.15) is 0 Å². The Labute approximate surface area is 253 Å². The van der Waals surface area contributed by atoms with Crippen LogP contribution in [0.1, 0.15) is 35.7 Å². The van der Waals surface area contributed by atoms with Gasteiger partial charge < -0.3 is 16.0 Å². The number of halogens is 7. The van der Waals surface area contributed by atoms with E-state index in [4.69, 9.17) is 58.0 Å². The van der Waals surface area contributed by atoms with E-state index in [1.807, 2.05) is 0 Å². The molecule has 3 N–H and O–H groups in total. The van der Waals surface area contributed by atoms with Crippen LogP contribution in [-0.4, -0.2) is 22.1 Å². The molecule has 3 aromatic rings. The van der Waals surface area contributed by atoms with Crippen LogP contribution in [0, 0.1) is 23.5 Å². The maximum atomic E-state index is 15.0. The van der Waals surface area contributed by atoms with E-state index in [9.17, 15) is 23.2 Å². The van der Waals surface area contributed by atoms with E-state index in [1.54, 1.807) is 32.0 Å². The second kappa shape index (κ2) is 11.7. The molecule has 40 heavy (non-hydrogen) atoms. The van der Waals surface area contributed by atoms with Crippen molar-refractivity contribution in [2.45, 2.75) is 24.1 Å². The number of amides is 3. The molecule has 13 heteroatoms. The zero-order chi connectivity index (χ0) is 29.5. The minimum atomic E-state index is -1.41. The average molecular weight is 650 g/mol. The van der Waals surface area contributed by atoms with Crippen molar-refractivity contribution in [3.63, 3.8) is 0 Å². The summed E-state index contributed by atoms with van der Waals surface area (Å²) >= 11 is 31.0. The minimum Gasteiger partial charge on any atom is -0.326 e. The van der Waals surface area contributed by atoms with Crippen molar-refractivity contribution in [2.75, 3.05) is 16.0 Å². The topological polar surface area (TPSA) is 87.3 Å². The molecule has 1 aliphatic rings. The highest BCUT2D eigenvalue weighted by molar-refractivity contribution is 6.53. The number of carbonyl (C=O) groups is 3. The Balaban J connectivity index is 1.51. The standard InChI is InChI=1S/C27H20Cl5F2N3O3/c1-11(2)24(38)37-23-18(33)7-8-19(22(23)34)36-25(39)14-10-13(4-6-15(14)28)35-26(40)21-20(27(21,31)32)12-3-5-16(29)17(30)9-12/h3-11,20-21H,1-2H3,(H,35,40)(H,36,39)(H,37,38)/t20-,21?/m0/s1. The predicted molar refractivity (Wildman–Crippen MR) is 155 cm³/mol. The van der Waals surface area contributed by atoms with E-state index in [1.165, 1.54) is 18.2 Å². The van der Waals surface area contributed by atoms with Crippen molar-refractivity contribution < 1.29 is 23.2 Å². The van der Waals surface area contributed by atoms with Crippen LogP contribution >= 0.6 is 58.0 Å². The van der Waals surface area contributed by atoms with Gasteiger partial charge in [-0.05, 0) is 48.0 Å². The smallest absolute Gasteiger partial charge is 0.257 e. The summed E-state index contributed by atoms with van der Waals surface area (Å²) in [6, 6.07) is 10.8. The highest BCUT2D eigenvalue weighted by Crippen LogP contribution is 2.65. The van der Waals surface area contributed by atoms with Crippen LogP contribution in [0.25, 0.3) is 0 Å². The molecule has 210 valence electrons. The largest absolute Gasteiger partial charge is 0.326 e. The van der Waals surface area contributed by atoms with Crippen molar-refractivity contribution >= 4 is 92.8 Å². The highest BCUT2D eigenvalue weighted by Gasteiger charge is 2.67. The fraction of sp³-hybridized carbons (Fsp3) is 0.222. The first kappa shape index (κ1) is 30.3. The van der Waals surface area contributed by atoms with Crippen LogP contribution in [0.4, 0.5) is 25.8 Å². The normalized spacial score (nSPS) is 17.4. The minimum absolute atomic E-state index is 0.00417. The lowest BCUT2D eigenvalue weighted by atomic mass is 10.1. The first-order chi connectivity index (χ1) is 18.7. The lowest BCUT2D eigenvalue weighted by molar-refractivity contribution is -0.119. The molecule has 0 bridgehead atoms. The molecular formula is C27H20Cl5F2N3O3. The molecule has 3 amide bonds. The Hall–Kier alpha value is -2.62. The van der Waals surface area contributed by atoms with Crippen LogP contribution < -0.4 is 16.0 Å². The van der Waals surface area contributed by atoms with Crippen molar-refractivity contribution in [1.82, 2.24) is 0 Å². The van der Waals surface area contributed by atoms with Gasteiger partial charge >= 0.3 is 0 Å². The molecule has 1 saturated carbocycles. The Morgan fingerprint density at radius 3 is 2.17 bits per heavy atom. The molecule has 1 fully saturated rings. The number of nitrogens with one attached hydrogen (secondary N) is 3. The Morgan fingerprint density at radius 1 is 0.850 bits per heavy atom. The molecule has 0 aliphatic heterocycles. The van der Waals surface area contributed by atoms with Crippen LogP contribution in [0.2, 0.25) is 15.1 Å². The van der Waals surface area contributed by atoms with Gasteiger partial charge in [-0.3, -0.25) is 14.4 Å². The summed E-state index contributed by atoms with van der Waals surface area (Å²) in [5.74, 6) is -6.11. The Kier molecular flexibility index (Phi) is 8.88. The Bertz CT molecular complexity index is 1530. The van der Waals surface area contributed by atoms with Crippen molar-refractivity contribution in [3.8, 4) is 0 Å². The third-order valence-corrected chi connectivity index (χ3v) is 8.24. The van der Waals surface area contributed by atoms with Gasteiger partial charge in [0.2, 0.25) is 11.8 Å². The molecule has 0 saturated heterocycles. The van der Waals surface area contributed by atoms with E-state index >= 15 is 0 Å². The third kappa shape index (κ3) is 6.16. The summed E-state index contributed by atoms with van der Waals surface area (Å²) in [7, 11) is 0. The number of hydrogen-bond donors (Lipinski definition) is 3. The summed E-state index contributed by atoms with van der Waals surface area (Å²) in [5.41, 5.74) is -0.396. The number of anilines is 3. The zero-order valence-electron chi connectivity index (χ0n) is 20.7. The molecular weight excluding hydrogens is 630 g/mol. The van der Waals surface area contributed by atoms with E-state index in [0.29, 0.717) is 10.6 Å². The molecule has 0 aromatic heterocycles. The fourth-order valence-electron chi connectivity index (χ4n) is 3.99. The number of alkyl halides is 2. The van der Waals surface area contributed by atoms with Crippen LogP contribution in [-0.2, 0) is 9.59 Å². The van der Waals surface area contributed by atoms with Gasteiger partial charge in [0.1, 0.15) is 15.8 Å². The van der Waals surface area contributed by atoms with Crippen LogP contribution in [0.5, 0.6) is 0 Å². The van der Waals surface area contributed by atoms with Gasteiger partial charge in [-0.15, -0.1) is 23.2 Å². The van der Waals surface area contributed by atoms with E-state index < -0.39 is 62.8 Å². The molecule has 2 atom stereocenters. The van der Waals surface area contributed by atoms with Gasteiger partial charge in [0.15, 0.2) is 5.82 Å². The summed E-state index contributed by atoms with van der Waals surface area (Å²) in [6.07, 6.45) is 0. The lowest BCUT2D eigenvalue weighted by Crippen LogP contribution is -2.21. The first-order valence-electron chi connectivity index (χ1n) is 11.8. The van der Waals surface area contributed by atoms with E-state index in [2.05, 4.69) is 16.0 Å². The molecule has 6 nitrogen and oxygen atoms in total. The summed E-state index contributed by atoms with van der Waals surface area (Å²) in [5, 5.41) is 7.75. The number of hydrogen-bond acceptors (Lipinski definition) is 3. The second-order valence-electron chi connectivity index (χ2n) is 9.37. The van der Waals surface area contributed by atoms with Crippen molar-refractivity contribution in [3.05, 3.63) is 86.4 Å². The highest BCUT2D eigenvalue weighted by atomic mass is 35.5. The fourth-order valence-corrected chi connectivity index (χ4v) is 5.33. The average Bonchev–Trinajstić information content (AvgIpc) is 3.47. The van der Waals surface area contributed by atoms with Gasteiger partial charge in [-0.1, -0.05) is 54.7 Å². The molecule has 0 spiro atoms. The van der Waals surface area contributed by atoms with Gasteiger partial charge in [0, 0.05) is 17.5 Å². The van der Waals surface area contributed by atoms with Crippen LogP contribution in [0.3, 0.4) is 0 Å². The molecule has 0 heterocycles. The van der Waals surface area contributed by atoms with Crippen molar-refractivity contribution in [1.29, 1.82) is 0 Å². The van der Waals surface area contributed by atoms with Gasteiger partial charge in [-0.25, -0.2) is 8.78 Å². The van der Waals surface area contributed by atoms with Crippen LogP contribution in [0.15, 0.2) is 48.5 Å². The van der Waals surface area contributed by atoms with E-state index in [-0.39, 0.29) is 21.3 Å². The summed E-state index contributed by atoms with van der Waals surface area (Å²) < 4.78 is 27.8. The van der Waals surface area contributed by atoms with Crippen molar-refractivity contribution in [2.24, 2.45) is 11.8 Å². The first-order valence-corrected chi connectivity index (χ1v) is 13.6. The number of benzene rings is 3. The molecule has 4 rings (SSSR count). The molecule has 0 radical (unpaired) electrons. The Morgan fingerprint density at radius 2 is 1.52 bits per heavy atom. The third-order valence-electron chi connectivity index (χ3n) is 6.23. The monoisotopic (exact) mass is 647 g/mol. The van der Waals surface area contributed by atoms with Gasteiger partial charge in [0.05, 0.1) is 32.2 Å². The maximum Gasteiger partial charge on any atom is 0.257 e. The number of rotatable bonds is 7. The zero-order valence-corrected chi connectivity index (χ0v) is 24.5. The predicted octanol–water partition coefficient (Wildman–Crippen LogP) is 8.30. The lowest BCUT2D eigenvalue weighted by Gasteiger charge is -2.14. The number of carbonyl (C=O) groups excluding carboxylic acids is 3. The summed E-state index contributed by atoms with van der Waals surface area (Å²) in [6.45, 7) is 3.11. The molecule has 1 unspecified atom stereocenters.